The first-order valence-electron chi connectivity index (χ1n) is 11.0. The van der Waals surface area contributed by atoms with E-state index in [2.05, 4.69) is 27.6 Å². The zero-order chi connectivity index (χ0) is 24.7. The number of hydrogen-bond acceptors (Lipinski definition) is 5. The molecular weight excluding hydrogens is 437 g/mol. The van der Waals surface area contributed by atoms with Gasteiger partial charge in [-0.3, -0.25) is 19.8 Å². The van der Waals surface area contributed by atoms with Crippen LogP contribution < -0.4 is 20.1 Å². The summed E-state index contributed by atoms with van der Waals surface area (Å²) in [5.41, 5.74) is 4.04. The maximum absolute atomic E-state index is 13.6. The first kappa shape index (κ1) is 24.8. The number of aryl methyl sites for hydroxylation is 2. The Kier molecular flexibility index (Phi) is 8.24. The van der Waals surface area contributed by atoms with Gasteiger partial charge in [-0.15, -0.1) is 0 Å². The van der Waals surface area contributed by atoms with Crippen molar-refractivity contribution in [1.82, 2.24) is 15.1 Å². The lowest BCUT2D eigenvalue weighted by Gasteiger charge is -2.14. The molecule has 0 unspecified atom stereocenters. The molecule has 0 fully saturated rings. The molecule has 0 aliphatic carbocycles. The molecule has 0 aliphatic heterocycles. The predicted octanol–water partition coefficient (Wildman–Crippen LogP) is 4.12. The molecule has 8 nitrogen and oxygen atoms in total. The van der Waals surface area contributed by atoms with Gasteiger partial charge < -0.3 is 14.8 Å². The number of hydrogen-bond donors (Lipinski definition) is 2. The van der Waals surface area contributed by atoms with E-state index in [1.165, 1.54) is 24.3 Å². The predicted molar refractivity (Wildman–Crippen MR) is 130 cm³/mol. The molecule has 0 saturated carbocycles. The van der Waals surface area contributed by atoms with Crippen LogP contribution in [0.5, 0.6) is 11.5 Å². The number of aromatic nitrogens is 2. The number of halogens is 1. The number of aliphatic imine (C=N–C) groups is 1. The first-order chi connectivity index (χ1) is 16.4. The van der Waals surface area contributed by atoms with E-state index in [1.807, 2.05) is 18.5 Å². The fourth-order valence-corrected chi connectivity index (χ4v) is 3.65. The van der Waals surface area contributed by atoms with Gasteiger partial charge >= 0.3 is 0 Å². The molecule has 3 rings (SSSR count). The fourth-order valence-electron chi connectivity index (χ4n) is 3.65. The van der Waals surface area contributed by atoms with Gasteiger partial charge in [-0.25, -0.2) is 4.39 Å². The number of anilines is 1. The molecule has 0 radical (unpaired) electrons. The van der Waals surface area contributed by atoms with E-state index in [0.717, 1.165) is 23.5 Å². The third kappa shape index (κ3) is 5.92. The summed E-state index contributed by atoms with van der Waals surface area (Å²) in [6.07, 6.45) is 0.657. The molecule has 3 aromatic rings. The molecule has 180 valence electrons. The van der Waals surface area contributed by atoms with Gasteiger partial charge in [-0.2, -0.15) is 5.10 Å². The van der Waals surface area contributed by atoms with Crippen LogP contribution in [0.1, 0.15) is 34.2 Å². The van der Waals surface area contributed by atoms with E-state index in [-0.39, 0.29) is 11.5 Å². The van der Waals surface area contributed by atoms with Gasteiger partial charge in [0, 0.05) is 36.1 Å². The summed E-state index contributed by atoms with van der Waals surface area (Å²) in [4.78, 5) is 17.3. The first-order valence-corrected chi connectivity index (χ1v) is 11.0. The third-order valence-corrected chi connectivity index (χ3v) is 5.43. The Morgan fingerprint density at radius 3 is 2.53 bits per heavy atom. The quantitative estimate of drug-likeness (QED) is 0.384. The minimum Gasteiger partial charge on any atom is -0.493 e. The molecule has 0 spiro atoms. The average molecular weight is 468 g/mol. The molecule has 1 heterocycles. The number of guanidine groups is 1. The van der Waals surface area contributed by atoms with Gasteiger partial charge in [0.25, 0.3) is 5.91 Å². The van der Waals surface area contributed by atoms with Crippen LogP contribution in [-0.2, 0) is 13.0 Å². The Labute approximate surface area is 198 Å². The lowest BCUT2D eigenvalue weighted by molar-refractivity contribution is 0.0976. The van der Waals surface area contributed by atoms with Crippen LogP contribution in [0.25, 0.3) is 0 Å². The molecule has 0 atom stereocenters. The Hall–Kier alpha value is -3.88. The van der Waals surface area contributed by atoms with E-state index in [9.17, 15) is 9.18 Å². The maximum Gasteiger partial charge on any atom is 0.258 e. The number of nitrogens with one attached hydrogen (secondary N) is 2. The Morgan fingerprint density at radius 1 is 1.12 bits per heavy atom. The number of nitrogens with zero attached hydrogens (tertiary/aromatic N) is 3. The topological polar surface area (TPSA) is 89.8 Å². The molecule has 2 N–H and O–H groups in total. The average Bonchev–Trinajstić information content (AvgIpc) is 3.11. The zero-order valence-corrected chi connectivity index (χ0v) is 20.1. The Balaban J connectivity index is 1.83. The zero-order valence-electron chi connectivity index (χ0n) is 20.1. The van der Waals surface area contributed by atoms with E-state index < -0.39 is 11.7 Å². The number of rotatable bonds is 8. The molecule has 2 aromatic carbocycles. The van der Waals surface area contributed by atoms with Crippen LogP contribution in [0.3, 0.4) is 0 Å². The van der Waals surface area contributed by atoms with Crippen LogP contribution in [0.2, 0.25) is 0 Å². The molecule has 0 bridgehead atoms. The van der Waals surface area contributed by atoms with E-state index in [0.29, 0.717) is 30.2 Å². The van der Waals surface area contributed by atoms with Crippen LogP contribution in [-0.4, -0.2) is 42.4 Å². The van der Waals surface area contributed by atoms with Crippen molar-refractivity contribution in [2.24, 2.45) is 4.99 Å². The van der Waals surface area contributed by atoms with Crippen LogP contribution >= 0.6 is 0 Å². The minimum atomic E-state index is -0.488. The van der Waals surface area contributed by atoms with Gasteiger partial charge in [0.2, 0.25) is 5.96 Å². The van der Waals surface area contributed by atoms with Crippen molar-refractivity contribution < 1.29 is 18.7 Å². The van der Waals surface area contributed by atoms with Crippen molar-refractivity contribution in [3.8, 4) is 11.5 Å². The number of carbonyl (C=O) groups is 1. The highest BCUT2D eigenvalue weighted by Gasteiger charge is 2.13. The smallest absolute Gasteiger partial charge is 0.258 e. The van der Waals surface area contributed by atoms with Crippen molar-refractivity contribution in [3.05, 3.63) is 70.8 Å². The largest absolute Gasteiger partial charge is 0.493 e. The highest BCUT2D eigenvalue weighted by atomic mass is 19.1. The van der Waals surface area contributed by atoms with E-state index in [4.69, 9.17) is 9.47 Å². The molecule has 34 heavy (non-hydrogen) atoms. The van der Waals surface area contributed by atoms with Crippen molar-refractivity contribution in [2.75, 3.05) is 26.1 Å². The number of ether oxygens (including phenoxy) is 2. The number of amides is 1. The van der Waals surface area contributed by atoms with Gasteiger partial charge in [-0.1, -0.05) is 6.07 Å². The monoisotopic (exact) mass is 467 g/mol. The lowest BCUT2D eigenvalue weighted by Crippen LogP contribution is -2.36. The van der Waals surface area contributed by atoms with Gasteiger partial charge in [0.1, 0.15) is 5.82 Å². The van der Waals surface area contributed by atoms with Crippen molar-refractivity contribution >= 4 is 17.6 Å². The second-order valence-corrected chi connectivity index (χ2v) is 7.60. The second kappa shape index (κ2) is 11.3. The highest BCUT2D eigenvalue weighted by molar-refractivity contribution is 6.10. The summed E-state index contributed by atoms with van der Waals surface area (Å²) in [5, 5.41) is 10.4. The van der Waals surface area contributed by atoms with E-state index >= 15 is 0 Å². The van der Waals surface area contributed by atoms with Crippen LogP contribution in [0, 0.1) is 19.7 Å². The third-order valence-electron chi connectivity index (χ3n) is 5.43. The SMILES string of the molecule is CCn1nc(C)c(CCN=C(NC(=O)c2cccc(F)c2)Nc2ccc(OC)c(OC)c2)c1C. The summed E-state index contributed by atoms with van der Waals surface area (Å²) in [6, 6.07) is 10.8. The summed E-state index contributed by atoms with van der Waals surface area (Å²) in [6.45, 7) is 7.28. The second-order valence-electron chi connectivity index (χ2n) is 7.60. The molecule has 0 aliphatic rings. The summed E-state index contributed by atoms with van der Waals surface area (Å²) in [5.74, 6) is 0.380. The van der Waals surface area contributed by atoms with Gasteiger partial charge in [0.15, 0.2) is 11.5 Å². The van der Waals surface area contributed by atoms with Crippen molar-refractivity contribution in [2.45, 2.75) is 33.7 Å². The Bertz CT molecular complexity index is 1190. The molecule has 1 amide bonds. The number of methoxy groups -OCH3 is 2. The van der Waals surface area contributed by atoms with Crippen LogP contribution in [0.15, 0.2) is 47.5 Å². The molecular formula is C25H30FN5O3. The summed E-state index contributed by atoms with van der Waals surface area (Å²) < 4.78 is 26.2. The fraction of sp³-hybridized carbons (Fsp3) is 0.320. The van der Waals surface area contributed by atoms with Gasteiger partial charge in [-0.05, 0) is 63.1 Å². The Morgan fingerprint density at radius 2 is 1.88 bits per heavy atom. The summed E-state index contributed by atoms with van der Waals surface area (Å²) in [7, 11) is 3.10. The lowest BCUT2D eigenvalue weighted by atomic mass is 10.1. The maximum atomic E-state index is 13.6. The summed E-state index contributed by atoms with van der Waals surface area (Å²) >= 11 is 0. The van der Waals surface area contributed by atoms with Crippen molar-refractivity contribution in [1.29, 1.82) is 0 Å². The molecule has 9 heteroatoms. The molecule has 1 aromatic heterocycles. The van der Waals surface area contributed by atoms with Crippen LogP contribution in [0.4, 0.5) is 10.1 Å². The van der Waals surface area contributed by atoms with E-state index in [1.54, 1.807) is 32.4 Å². The normalized spacial score (nSPS) is 11.3. The molecule has 0 saturated heterocycles. The number of benzene rings is 2. The van der Waals surface area contributed by atoms with Gasteiger partial charge in [0.05, 0.1) is 19.9 Å². The standard InChI is InChI=1S/C25H30FN5O3/c1-6-31-17(3)21(16(2)30-31)12-13-27-25(29-24(32)18-8-7-9-19(26)14-18)28-20-10-11-22(33-4)23(15-20)34-5/h7-11,14-15H,6,12-13H2,1-5H3,(H2,27,28,29,32). The minimum absolute atomic E-state index is 0.192. The van der Waals surface area contributed by atoms with Crippen molar-refractivity contribution in [3.63, 3.8) is 0 Å². The highest BCUT2D eigenvalue weighted by Crippen LogP contribution is 2.29. The number of carbonyl (C=O) groups excluding carboxylic acids is 1.